The number of rotatable bonds is 6. The number of carbonyl (C=O) groups is 1. The van der Waals surface area contributed by atoms with Gasteiger partial charge in [-0.15, -0.1) is 0 Å². The van der Waals surface area contributed by atoms with Gasteiger partial charge < -0.3 is 9.47 Å². The van der Waals surface area contributed by atoms with E-state index in [0.29, 0.717) is 23.8 Å². The summed E-state index contributed by atoms with van der Waals surface area (Å²) in [5, 5.41) is 10.7. The van der Waals surface area contributed by atoms with E-state index in [-0.39, 0.29) is 11.4 Å². The maximum Gasteiger partial charge on any atom is 0.343 e. The van der Waals surface area contributed by atoms with Gasteiger partial charge in [-0.25, -0.2) is 4.79 Å². The van der Waals surface area contributed by atoms with Gasteiger partial charge >= 0.3 is 5.97 Å². The highest BCUT2D eigenvalue weighted by Crippen LogP contribution is 2.21. The minimum atomic E-state index is -0.582. The molecule has 0 spiro atoms. The first kappa shape index (κ1) is 16.5. The standard InChI is InChI=1S/C17H17NO5/c1-12(2)11-22-15-8-6-13(7-9-15)17(19)23-16-5-3-4-14(10-16)18(20)21/h3-10,12H,11H2,1-2H3. The fourth-order valence-corrected chi connectivity index (χ4v) is 1.78. The van der Waals surface area contributed by atoms with Crippen LogP contribution in [-0.2, 0) is 0 Å². The van der Waals surface area contributed by atoms with Crippen LogP contribution in [0.15, 0.2) is 48.5 Å². The van der Waals surface area contributed by atoms with Gasteiger partial charge in [0.25, 0.3) is 5.69 Å². The molecule has 0 aliphatic carbocycles. The van der Waals surface area contributed by atoms with Crippen LogP contribution in [0.3, 0.4) is 0 Å². The number of nitro groups is 1. The summed E-state index contributed by atoms with van der Waals surface area (Å²) < 4.78 is 10.7. The Morgan fingerprint density at radius 3 is 2.43 bits per heavy atom. The molecule has 0 aliphatic heterocycles. The first-order valence-electron chi connectivity index (χ1n) is 7.15. The van der Waals surface area contributed by atoms with Crippen LogP contribution >= 0.6 is 0 Å². The van der Waals surface area contributed by atoms with Gasteiger partial charge in [-0.3, -0.25) is 10.1 Å². The number of carbonyl (C=O) groups excluding carboxylic acids is 1. The molecule has 0 unspecified atom stereocenters. The number of esters is 1. The van der Waals surface area contributed by atoms with Gasteiger partial charge in [0, 0.05) is 6.07 Å². The SMILES string of the molecule is CC(C)COc1ccc(C(=O)Oc2cccc([N+](=O)[O-])c2)cc1. The number of non-ortho nitro benzene ring substituents is 1. The molecule has 6 nitrogen and oxygen atoms in total. The summed E-state index contributed by atoms with van der Waals surface area (Å²) in [6.07, 6.45) is 0. The lowest BCUT2D eigenvalue weighted by Crippen LogP contribution is -2.09. The predicted molar refractivity (Wildman–Crippen MR) is 84.8 cm³/mol. The van der Waals surface area contributed by atoms with Crippen LogP contribution in [0, 0.1) is 16.0 Å². The number of ether oxygens (including phenoxy) is 2. The normalized spacial score (nSPS) is 10.4. The summed E-state index contributed by atoms with van der Waals surface area (Å²) in [6, 6.07) is 12.0. The lowest BCUT2D eigenvalue weighted by molar-refractivity contribution is -0.384. The van der Waals surface area contributed by atoms with Crippen molar-refractivity contribution in [2.24, 2.45) is 5.92 Å². The van der Waals surface area contributed by atoms with Crippen molar-refractivity contribution >= 4 is 11.7 Å². The van der Waals surface area contributed by atoms with Crippen LogP contribution < -0.4 is 9.47 Å². The van der Waals surface area contributed by atoms with Crippen molar-refractivity contribution in [3.05, 3.63) is 64.2 Å². The number of benzene rings is 2. The van der Waals surface area contributed by atoms with Gasteiger partial charge in [-0.2, -0.15) is 0 Å². The first-order valence-corrected chi connectivity index (χ1v) is 7.15. The molecule has 0 fully saturated rings. The lowest BCUT2D eigenvalue weighted by atomic mass is 10.2. The van der Waals surface area contributed by atoms with Crippen molar-refractivity contribution in [3.8, 4) is 11.5 Å². The van der Waals surface area contributed by atoms with Crippen LogP contribution in [0.1, 0.15) is 24.2 Å². The zero-order chi connectivity index (χ0) is 16.8. The summed E-state index contributed by atoms with van der Waals surface area (Å²) in [5.41, 5.74) is 0.209. The summed E-state index contributed by atoms with van der Waals surface area (Å²) in [4.78, 5) is 22.2. The Labute approximate surface area is 133 Å². The lowest BCUT2D eigenvalue weighted by Gasteiger charge is -2.09. The van der Waals surface area contributed by atoms with E-state index in [4.69, 9.17) is 9.47 Å². The molecule has 0 saturated carbocycles. The van der Waals surface area contributed by atoms with Crippen molar-refractivity contribution < 1.29 is 19.2 Å². The van der Waals surface area contributed by atoms with Crippen molar-refractivity contribution in [2.45, 2.75) is 13.8 Å². The minimum absolute atomic E-state index is 0.129. The summed E-state index contributed by atoms with van der Waals surface area (Å²) in [5.74, 6) is 0.629. The third kappa shape index (κ3) is 4.81. The Kier molecular flexibility index (Phi) is 5.30. The molecule has 0 aliphatic rings. The highest BCUT2D eigenvalue weighted by molar-refractivity contribution is 5.91. The fraction of sp³-hybridized carbons (Fsp3) is 0.235. The number of hydrogen-bond acceptors (Lipinski definition) is 5. The largest absolute Gasteiger partial charge is 0.493 e. The second-order valence-corrected chi connectivity index (χ2v) is 5.37. The molecule has 0 amide bonds. The molecule has 0 saturated heterocycles. The van der Waals surface area contributed by atoms with Crippen LogP contribution in [0.5, 0.6) is 11.5 Å². The van der Waals surface area contributed by atoms with E-state index in [2.05, 4.69) is 0 Å². The zero-order valence-electron chi connectivity index (χ0n) is 12.9. The van der Waals surface area contributed by atoms with E-state index in [1.807, 2.05) is 13.8 Å². The van der Waals surface area contributed by atoms with Crippen LogP contribution in [-0.4, -0.2) is 17.5 Å². The van der Waals surface area contributed by atoms with Crippen LogP contribution in [0.2, 0.25) is 0 Å². The topological polar surface area (TPSA) is 78.7 Å². The van der Waals surface area contributed by atoms with E-state index < -0.39 is 10.9 Å². The highest BCUT2D eigenvalue weighted by atomic mass is 16.6. The maximum atomic E-state index is 12.0. The first-order chi connectivity index (χ1) is 11.0. The molecule has 0 radical (unpaired) electrons. The molecule has 23 heavy (non-hydrogen) atoms. The molecular weight excluding hydrogens is 298 g/mol. The Balaban J connectivity index is 2.03. The third-order valence-corrected chi connectivity index (χ3v) is 2.91. The minimum Gasteiger partial charge on any atom is -0.493 e. The van der Waals surface area contributed by atoms with Crippen molar-refractivity contribution in [2.75, 3.05) is 6.61 Å². The van der Waals surface area contributed by atoms with Gasteiger partial charge in [0.2, 0.25) is 0 Å². The molecule has 0 atom stereocenters. The zero-order valence-corrected chi connectivity index (χ0v) is 12.9. The third-order valence-electron chi connectivity index (χ3n) is 2.91. The summed E-state index contributed by atoms with van der Waals surface area (Å²) in [7, 11) is 0. The second-order valence-electron chi connectivity index (χ2n) is 5.37. The Bertz CT molecular complexity index is 694. The fourth-order valence-electron chi connectivity index (χ4n) is 1.78. The number of nitrogens with zero attached hydrogens (tertiary/aromatic N) is 1. The molecule has 2 rings (SSSR count). The predicted octanol–water partition coefficient (Wildman–Crippen LogP) is 3.85. The van der Waals surface area contributed by atoms with Crippen molar-refractivity contribution in [3.63, 3.8) is 0 Å². The van der Waals surface area contributed by atoms with Gasteiger partial charge in [0.15, 0.2) is 0 Å². The monoisotopic (exact) mass is 315 g/mol. The molecular formula is C17H17NO5. The summed E-state index contributed by atoms with van der Waals surface area (Å²) >= 11 is 0. The van der Waals surface area contributed by atoms with E-state index in [0.717, 1.165) is 0 Å². The van der Waals surface area contributed by atoms with Gasteiger partial charge in [-0.05, 0) is 36.2 Å². The van der Waals surface area contributed by atoms with E-state index in [1.54, 1.807) is 24.3 Å². The maximum absolute atomic E-state index is 12.0. The van der Waals surface area contributed by atoms with E-state index in [9.17, 15) is 14.9 Å². The van der Waals surface area contributed by atoms with E-state index >= 15 is 0 Å². The molecule has 0 aromatic heterocycles. The average molecular weight is 315 g/mol. The molecule has 6 heteroatoms. The number of nitro benzene ring substituents is 1. The quantitative estimate of drug-likeness (QED) is 0.350. The molecule has 120 valence electrons. The van der Waals surface area contributed by atoms with Crippen molar-refractivity contribution in [1.29, 1.82) is 0 Å². The summed E-state index contributed by atoms with van der Waals surface area (Å²) in [6.45, 7) is 4.69. The molecule has 0 bridgehead atoms. The molecule has 2 aromatic rings. The van der Waals surface area contributed by atoms with Crippen molar-refractivity contribution in [1.82, 2.24) is 0 Å². The molecule has 2 aromatic carbocycles. The molecule has 0 heterocycles. The second kappa shape index (κ2) is 7.40. The smallest absolute Gasteiger partial charge is 0.343 e. The van der Waals surface area contributed by atoms with Gasteiger partial charge in [0.1, 0.15) is 11.5 Å². The Morgan fingerprint density at radius 2 is 1.83 bits per heavy atom. The Hall–Kier alpha value is -2.89. The van der Waals surface area contributed by atoms with Gasteiger partial charge in [0.05, 0.1) is 23.2 Å². The Morgan fingerprint density at radius 1 is 1.13 bits per heavy atom. The molecule has 0 N–H and O–H groups in total. The van der Waals surface area contributed by atoms with Crippen LogP contribution in [0.4, 0.5) is 5.69 Å². The van der Waals surface area contributed by atoms with Gasteiger partial charge in [-0.1, -0.05) is 19.9 Å². The highest BCUT2D eigenvalue weighted by Gasteiger charge is 2.12. The number of hydrogen-bond donors (Lipinski definition) is 0. The van der Waals surface area contributed by atoms with Crippen LogP contribution in [0.25, 0.3) is 0 Å². The average Bonchev–Trinajstić information content (AvgIpc) is 2.53. The van der Waals surface area contributed by atoms with E-state index in [1.165, 1.54) is 24.3 Å².